The van der Waals surface area contributed by atoms with Gasteiger partial charge in [-0.05, 0) is 0 Å². The topological polar surface area (TPSA) is 95.4 Å². The van der Waals surface area contributed by atoms with E-state index in [4.69, 9.17) is 15.3 Å². The molecule has 0 rings (SSSR count). The third-order valence-electron chi connectivity index (χ3n) is 1.25. The van der Waals surface area contributed by atoms with Crippen LogP contribution in [-0.2, 0) is 21.7 Å². The molecule has 12 heavy (non-hydrogen) atoms. The number of aliphatic hydroxyl groups is 3. The normalized spacial score (nSPS) is 9.00. The number of rotatable bonds is 6. The van der Waals surface area contributed by atoms with Crippen molar-refractivity contribution >= 4 is 0 Å². The largest absolute Gasteiger partial charge is 0.412 e. The molecule has 0 saturated carbocycles. The second-order valence-electron chi connectivity index (χ2n) is 2.01. The molecule has 0 atom stereocenters. The molecule has 0 unspecified atom stereocenters. The van der Waals surface area contributed by atoms with Crippen LogP contribution < -0.4 is 0 Å². The Morgan fingerprint density at radius 2 is 1.00 bits per heavy atom. The Bertz CT molecular complexity index is 62.3. The molecule has 0 radical (unpaired) electrons. The summed E-state index contributed by atoms with van der Waals surface area (Å²) in [4.78, 5) is 1.79. The average molecular weight is 215 g/mol. The van der Waals surface area contributed by atoms with Crippen molar-refractivity contribution < 1.29 is 42.5 Å². The summed E-state index contributed by atoms with van der Waals surface area (Å²) in [6, 6.07) is 0. The molecule has 0 aliphatic rings. The predicted octanol–water partition coefficient (Wildman–Crippen LogP) is -2.56. The second-order valence-corrected chi connectivity index (χ2v) is 2.01. The Labute approximate surface area is 87.2 Å². The van der Waals surface area contributed by atoms with Crippen molar-refractivity contribution in [2.24, 2.45) is 0 Å². The first-order valence-electron chi connectivity index (χ1n) is 3.40. The van der Waals surface area contributed by atoms with Gasteiger partial charge in [0.25, 0.3) is 0 Å². The molecular weight excluding hydrogens is 198 g/mol. The molecule has 5 N–H and O–H groups in total. The van der Waals surface area contributed by atoms with Crippen molar-refractivity contribution in [3.63, 3.8) is 0 Å². The minimum Gasteiger partial charge on any atom is -0.412 e. The quantitative estimate of drug-likeness (QED) is 0.424. The van der Waals surface area contributed by atoms with Gasteiger partial charge in [0.2, 0.25) is 0 Å². The summed E-state index contributed by atoms with van der Waals surface area (Å²) in [5, 5.41) is 25.5. The smallest absolute Gasteiger partial charge is 0.0558 e. The van der Waals surface area contributed by atoms with Gasteiger partial charge in [-0.3, -0.25) is 4.90 Å². The summed E-state index contributed by atoms with van der Waals surface area (Å²) in [6.45, 7) is 1.75. The minimum absolute atomic E-state index is 0. The monoisotopic (exact) mass is 215 g/mol. The fourth-order valence-corrected chi connectivity index (χ4v) is 0.760. The maximum absolute atomic E-state index is 8.48. The van der Waals surface area contributed by atoms with E-state index in [-0.39, 0.29) is 47.0 Å². The van der Waals surface area contributed by atoms with E-state index in [1.807, 2.05) is 0 Å². The molecule has 0 spiro atoms. The van der Waals surface area contributed by atoms with E-state index in [2.05, 4.69) is 0 Å². The fraction of sp³-hybridized carbons (Fsp3) is 1.00. The van der Waals surface area contributed by atoms with E-state index in [9.17, 15) is 0 Å². The van der Waals surface area contributed by atoms with E-state index in [1.165, 1.54) is 0 Å². The van der Waals surface area contributed by atoms with Crippen LogP contribution in [0.15, 0.2) is 0 Å². The predicted molar refractivity (Wildman–Crippen MR) is 41.3 cm³/mol. The van der Waals surface area contributed by atoms with Gasteiger partial charge >= 0.3 is 0 Å². The maximum Gasteiger partial charge on any atom is 0.0558 e. The van der Waals surface area contributed by atoms with Gasteiger partial charge in [-0.25, -0.2) is 0 Å². The molecule has 0 aromatic carbocycles. The van der Waals surface area contributed by atoms with Crippen molar-refractivity contribution in [1.82, 2.24) is 4.90 Å². The van der Waals surface area contributed by atoms with Crippen molar-refractivity contribution in [1.29, 1.82) is 0 Å². The van der Waals surface area contributed by atoms with Gasteiger partial charge in [-0.2, -0.15) is 0 Å². The molecule has 0 aromatic heterocycles. The third-order valence-corrected chi connectivity index (χ3v) is 1.25. The molecule has 0 saturated heterocycles. The molecular formula is C6H17NO4Ti. The van der Waals surface area contributed by atoms with E-state index < -0.39 is 0 Å². The minimum atomic E-state index is 0. The molecule has 0 aliphatic heterocycles. The number of hydrogen-bond donors (Lipinski definition) is 3. The van der Waals surface area contributed by atoms with E-state index in [1.54, 1.807) is 4.90 Å². The summed E-state index contributed by atoms with van der Waals surface area (Å²) < 4.78 is 0. The number of hydrogen-bond acceptors (Lipinski definition) is 4. The van der Waals surface area contributed by atoms with Crippen LogP contribution in [0.3, 0.4) is 0 Å². The zero-order chi connectivity index (χ0) is 7.82. The number of nitrogens with zero attached hydrogens (tertiary/aromatic N) is 1. The van der Waals surface area contributed by atoms with E-state index >= 15 is 0 Å². The Balaban J connectivity index is -0.000000405. The fourth-order valence-electron chi connectivity index (χ4n) is 0.760. The van der Waals surface area contributed by atoms with Crippen LogP contribution in [0.2, 0.25) is 0 Å². The molecule has 0 amide bonds. The van der Waals surface area contributed by atoms with E-state index in [0.717, 1.165) is 0 Å². The van der Waals surface area contributed by atoms with Crippen LogP contribution in [-0.4, -0.2) is 65.2 Å². The SMILES string of the molecule is O.OCCN(CCO)CCO.[Ti]. The Morgan fingerprint density at radius 1 is 0.750 bits per heavy atom. The molecule has 0 fully saturated rings. The van der Waals surface area contributed by atoms with Crippen molar-refractivity contribution in [3.8, 4) is 0 Å². The van der Waals surface area contributed by atoms with Crippen LogP contribution in [0, 0.1) is 0 Å². The summed E-state index contributed by atoms with van der Waals surface area (Å²) >= 11 is 0. The molecule has 0 heterocycles. The first kappa shape index (κ1) is 18.3. The van der Waals surface area contributed by atoms with Crippen LogP contribution in [0.1, 0.15) is 0 Å². The van der Waals surface area contributed by atoms with E-state index in [0.29, 0.717) is 19.6 Å². The van der Waals surface area contributed by atoms with Gasteiger partial charge < -0.3 is 20.8 Å². The summed E-state index contributed by atoms with van der Waals surface area (Å²) in [5.74, 6) is 0. The third kappa shape index (κ3) is 10.5. The van der Waals surface area contributed by atoms with Gasteiger partial charge in [-0.15, -0.1) is 0 Å². The zero-order valence-corrected chi connectivity index (χ0v) is 8.59. The van der Waals surface area contributed by atoms with Gasteiger partial charge in [0, 0.05) is 41.4 Å². The van der Waals surface area contributed by atoms with Crippen LogP contribution in [0.25, 0.3) is 0 Å². The molecule has 0 aliphatic carbocycles. The summed E-state index contributed by atoms with van der Waals surface area (Å²) in [5.41, 5.74) is 0. The van der Waals surface area contributed by atoms with Gasteiger partial charge in [0.1, 0.15) is 0 Å². The molecule has 0 aromatic rings. The van der Waals surface area contributed by atoms with Crippen molar-refractivity contribution in [2.45, 2.75) is 0 Å². The Kier molecular flexibility index (Phi) is 21.5. The van der Waals surface area contributed by atoms with Crippen LogP contribution in [0.4, 0.5) is 0 Å². The molecule has 5 nitrogen and oxygen atoms in total. The Morgan fingerprint density at radius 3 is 1.17 bits per heavy atom. The molecule has 0 bridgehead atoms. The first-order chi connectivity index (χ1) is 4.85. The first-order valence-corrected chi connectivity index (χ1v) is 3.40. The van der Waals surface area contributed by atoms with Crippen LogP contribution >= 0.6 is 0 Å². The maximum atomic E-state index is 8.48. The van der Waals surface area contributed by atoms with Gasteiger partial charge in [-0.1, -0.05) is 0 Å². The average Bonchev–Trinajstić information content (AvgIpc) is 1.90. The van der Waals surface area contributed by atoms with Crippen molar-refractivity contribution in [2.75, 3.05) is 39.5 Å². The standard InChI is InChI=1S/C6H15NO3.H2O.Ti/c8-4-1-7(2-5-9)3-6-10;;/h8-10H,1-6H2;1H2;. The van der Waals surface area contributed by atoms with Gasteiger partial charge in [0.15, 0.2) is 0 Å². The zero-order valence-electron chi connectivity index (χ0n) is 7.03. The van der Waals surface area contributed by atoms with Crippen LogP contribution in [0.5, 0.6) is 0 Å². The Hall–Kier alpha value is 0.514. The summed E-state index contributed by atoms with van der Waals surface area (Å²) in [7, 11) is 0. The molecule has 6 heteroatoms. The second kappa shape index (κ2) is 14.1. The van der Waals surface area contributed by atoms with Gasteiger partial charge in [0.05, 0.1) is 19.8 Å². The number of aliphatic hydroxyl groups excluding tert-OH is 3. The molecule has 74 valence electrons. The van der Waals surface area contributed by atoms with Crippen molar-refractivity contribution in [3.05, 3.63) is 0 Å². The summed E-state index contributed by atoms with van der Waals surface area (Å²) in [6.07, 6.45) is 0.